The van der Waals surface area contributed by atoms with Crippen LogP contribution in [0.5, 0.6) is 5.75 Å². The Bertz CT molecular complexity index is 472. The lowest BCUT2D eigenvalue weighted by atomic mass is 10.1. The molecule has 2 amide bonds. The van der Waals surface area contributed by atoms with Crippen LogP contribution < -0.4 is 15.4 Å². The van der Waals surface area contributed by atoms with Crippen LogP contribution in [0.2, 0.25) is 0 Å². The molecule has 4 nitrogen and oxygen atoms in total. The average Bonchev–Trinajstić information content (AvgIpc) is 2.98. The molecule has 1 fully saturated rings. The molecule has 1 aromatic rings. The van der Waals surface area contributed by atoms with Crippen LogP contribution in [0.25, 0.3) is 0 Å². The Hall–Kier alpha value is -1.97. The van der Waals surface area contributed by atoms with Gasteiger partial charge in [-0.2, -0.15) is 0 Å². The summed E-state index contributed by atoms with van der Waals surface area (Å²) in [6.07, 6.45) is 6.53. The van der Waals surface area contributed by atoms with Crippen molar-refractivity contribution in [3.8, 4) is 5.75 Å². The molecule has 20 heavy (non-hydrogen) atoms. The molecule has 1 aliphatic carbocycles. The Morgan fingerprint density at radius 3 is 2.50 bits per heavy atom. The Kier molecular flexibility index (Phi) is 5.04. The number of benzene rings is 1. The molecule has 0 bridgehead atoms. The first-order valence-electron chi connectivity index (χ1n) is 7.08. The number of methoxy groups -OCH3 is 1. The number of urea groups is 1. The quantitative estimate of drug-likeness (QED) is 0.882. The van der Waals surface area contributed by atoms with E-state index in [-0.39, 0.29) is 12.1 Å². The summed E-state index contributed by atoms with van der Waals surface area (Å²) >= 11 is 0. The van der Waals surface area contributed by atoms with E-state index in [1.54, 1.807) is 7.11 Å². The van der Waals surface area contributed by atoms with E-state index in [0.717, 1.165) is 24.2 Å². The standard InChI is InChI=1S/C16H22N2O2/c1-12(14-7-9-15(20-2)10-8-14)18-16(19)17-11-13-5-3-4-6-13/h7-12H,3-6H2,1-2H3,(H2,17,18,19). The molecule has 1 atom stereocenters. The smallest absolute Gasteiger partial charge is 0.319 e. The molecule has 108 valence electrons. The molecule has 0 radical (unpaired) electrons. The van der Waals surface area contributed by atoms with Crippen molar-refractivity contribution in [1.29, 1.82) is 0 Å². The summed E-state index contributed by atoms with van der Waals surface area (Å²) in [5, 5.41) is 5.73. The lowest BCUT2D eigenvalue weighted by Crippen LogP contribution is -2.34. The zero-order valence-electron chi connectivity index (χ0n) is 12.1. The summed E-state index contributed by atoms with van der Waals surface area (Å²) < 4.78 is 5.12. The Morgan fingerprint density at radius 1 is 1.25 bits per heavy atom. The SMILES string of the molecule is COc1ccc(C(C)NC(=O)NC=C2CCCC2)cc1. The lowest BCUT2D eigenvalue weighted by Gasteiger charge is -2.14. The van der Waals surface area contributed by atoms with E-state index in [1.165, 1.54) is 18.4 Å². The normalized spacial score (nSPS) is 15.6. The number of allylic oxidation sites excluding steroid dienone is 1. The highest BCUT2D eigenvalue weighted by Crippen LogP contribution is 2.22. The second-order valence-corrected chi connectivity index (χ2v) is 5.12. The molecule has 2 N–H and O–H groups in total. The Balaban J connectivity index is 1.84. The highest BCUT2D eigenvalue weighted by Gasteiger charge is 2.10. The van der Waals surface area contributed by atoms with Crippen molar-refractivity contribution in [3.63, 3.8) is 0 Å². The summed E-state index contributed by atoms with van der Waals surface area (Å²) in [6, 6.07) is 7.51. The van der Waals surface area contributed by atoms with Gasteiger partial charge in [-0.25, -0.2) is 4.79 Å². The zero-order chi connectivity index (χ0) is 14.4. The third-order valence-electron chi connectivity index (χ3n) is 3.62. The van der Waals surface area contributed by atoms with Crippen molar-refractivity contribution in [1.82, 2.24) is 10.6 Å². The molecule has 1 saturated carbocycles. The molecule has 0 aromatic heterocycles. The molecule has 0 spiro atoms. The molecule has 0 aliphatic heterocycles. The molecule has 1 unspecified atom stereocenters. The van der Waals surface area contributed by atoms with Crippen LogP contribution in [0.3, 0.4) is 0 Å². The number of carbonyl (C=O) groups excluding carboxylic acids is 1. The van der Waals surface area contributed by atoms with Crippen molar-refractivity contribution in [2.45, 2.75) is 38.6 Å². The summed E-state index contributed by atoms with van der Waals surface area (Å²) in [5.41, 5.74) is 2.38. The highest BCUT2D eigenvalue weighted by atomic mass is 16.5. The number of nitrogens with one attached hydrogen (secondary N) is 2. The van der Waals surface area contributed by atoms with E-state index < -0.39 is 0 Å². The van der Waals surface area contributed by atoms with Crippen LogP contribution in [0, 0.1) is 0 Å². The fraction of sp³-hybridized carbons (Fsp3) is 0.438. The second-order valence-electron chi connectivity index (χ2n) is 5.12. The highest BCUT2D eigenvalue weighted by molar-refractivity contribution is 5.75. The lowest BCUT2D eigenvalue weighted by molar-refractivity contribution is 0.241. The van der Waals surface area contributed by atoms with E-state index in [0.29, 0.717) is 0 Å². The third-order valence-corrected chi connectivity index (χ3v) is 3.62. The van der Waals surface area contributed by atoms with Gasteiger partial charge in [0.05, 0.1) is 13.2 Å². The maximum Gasteiger partial charge on any atom is 0.319 e. The predicted molar refractivity (Wildman–Crippen MR) is 79.6 cm³/mol. The van der Waals surface area contributed by atoms with Gasteiger partial charge in [0.15, 0.2) is 0 Å². The molecule has 0 heterocycles. The van der Waals surface area contributed by atoms with Gasteiger partial charge < -0.3 is 15.4 Å². The van der Waals surface area contributed by atoms with E-state index in [4.69, 9.17) is 4.74 Å². The molecular formula is C16H22N2O2. The number of hydrogen-bond donors (Lipinski definition) is 2. The minimum atomic E-state index is -0.160. The maximum atomic E-state index is 11.8. The Morgan fingerprint density at radius 2 is 1.90 bits per heavy atom. The van der Waals surface area contributed by atoms with E-state index in [1.807, 2.05) is 37.4 Å². The second kappa shape index (κ2) is 6.98. The minimum absolute atomic E-state index is 0.0390. The largest absolute Gasteiger partial charge is 0.497 e. The summed E-state index contributed by atoms with van der Waals surface area (Å²) in [7, 11) is 1.64. The fourth-order valence-electron chi connectivity index (χ4n) is 2.36. The van der Waals surface area contributed by atoms with Gasteiger partial charge in [-0.1, -0.05) is 17.7 Å². The van der Waals surface area contributed by atoms with Gasteiger partial charge in [0, 0.05) is 6.20 Å². The van der Waals surface area contributed by atoms with Gasteiger partial charge in [0.2, 0.25) is 0 Å². The van der Waals surface area contributed by atoms with Crippen LogP contribution in [0.4, 0.5) is 4.79 Å². The van der Waals surface area contributed by atoms with Crippen LogP contribution in [-0.4, -0.2) is 13.1 Å². The zero-order valence-corrected chi connectivity index (χ0v) is 12.1. The van der Waals surface area contributed by atoms with Crippen LogP contribution in [0.1, 0.15) is 44.2 Å². The van der Waals surface area contributed by atoms with Gasteiger partial charge in [-0.3, -0.25) is 0 Å². The van der Waals surface area contributed by atoms with Crippen LogP contribution in [-0.2, 0) is 0 Å². The van der Waals surface area contributed by atoms with E-state index in [9.17, 15) is 4.79 Å². The van der Waals surface area contributed by atoms with Crippen molar-refractivity contribution >= 4 is 6.03 Å². The van der Waals surface area contributed by atoms with Gasteiger partial charge in [0.25, 0.3) is 0 Å². The number of rotatable bonds is 4. The maximum absolute atomic E-state index is 11.8. The van der Waals surface area contributed by atoms with E-state index in [2.05, 4.69) is 10.6 Å². The Labute approximate surface area is 120 Å². The third kappa shape index (κ3) is 4.02. The van der Waals surface area contributed by atoms with Crippen molar-refractivity contribution in [2.75, 3.05) is 7.11 Å². The fourth-order valence-corrected chi connectivity index (χ4v) is 2.36. The summed E-state index contributed by atoms with van der Waals surface area (Å²) in [4.78, 5) is 11.8. The van der Waals surface area contributed by atoms with Gasteiger partial charge in [0.1, 0.15) is 5.75 Å². The summed E-state index contributed by atoms with van der Waals surface area (Å²) in [6.45, 7) is 1.96. The average molecular weight is 274 g/mol. The molecule has 4 heteroatoms. The molecule has 1 aliphatic rings. The predicted octanol–water partition coefficient (Wildman–Crippen LogP) is 3.51. The monoisotopic (exact) mass is 274 g/mol. The minimum Gasteiger partial charge on any atom is -0.497 e. The first kappa shape index (κ1) is 14.4. The first-order valence-corrected chi connectivity index (χ1v) is 7.08. The molecule has 2 rings (SSSR count). The first-order chi connectivity index (χ1) is 9.69. The number of carbonyl (C=O) groups is 1. The topological polar surface area (TPSA) is 50.4 Å². The summed E-state index contributed by atoms with van der Waals surface area (Å²) in [5.74, 6) is 0.816. The van der Waals surface area contributed by atoms with Crippen molar-refractivity contribution in [3.05, 3.63) is 41.6 Å². The van der Waals surface area contributed by atoms with Crippen molar-refractivity contribution in [2.24, 2.45) is 0 Å². The molecular weight excluding hydrogens is 252 g/mol. The van der Waals surface area contributed by atoms with Crippen molar-refractivity contribution < 1.29 is 9.53 Å². The van der Waals surface area contributed by atoms with Crippen LogP contribution >= 0.6 is 0 Å². The van der Waals surface area contributed by atoms with Gasteiger partial charge in [-0.05, 0) is 50.3 Å². The van der Waals surface area contributed by atoms with Crippen LogP contribution in [0.15, 0.2) is 36.0 Å². The number of hydrogen-bond acceptors (Lipinski definition) is 2. The van der Waals surface area contributed by atoms with E-state index >= 15 is 0 Å². The van der Waals surface area contributed by atoms with Gasteiger partial charge >= 0.3 is 6.03 Å². The number of ether oxygens (including phenoxy) is 1. The van der Waals surface area contributed by atoms with Gasteiger partial charge in [-0.15, -0.1) is 0 Å². The number of amides is 2. The molecule has 0 saturated heterocycles. The molecule has 1 aromatic carbocycles.